The number of benzene rings is 1. The first kappa shape index (κ1) is 20.1. The maximum Gasteiger partial charge on any atom is 0.261 e. The average molecular weight is 442 g/mol. The molecule has 0 saturated heterocycles. The summed E-state index contributed by atoms with van der Waals surface area (Å²) in [5.74, 6) is 0.726. The molecule has 3 heterocycles. The highest BCUT2D eigenvalue weighted by Gasteiger charge is 2.41. The third-order valence-electron chi connectivity index (χ3n) is 6.29. The summed E-state index contributed by atoms with van der Waals surface area (Å²) in [7, 11) is -3.06. The monoisotopic (exact) mass is 441 g/mol. The van der Waals surface area contributed by atoms with Gasteiger partial charge < -0.3 is 15.4 Å². The molecule has 1 fully saturated rings. The van der Waals surface area contributed by atoms with Crippen molar-refractivity contribution in [3.05, 3.63) is 46.4 Å². The van der Waals surface area contributed by atoms with Crippen molar-refractivity contribution in [1.29, 1.82) is 5.26 Å². The summed E-state index contributed by atoms with van der Waals surface area (Å²) in [6.45, 7) is 1.61. The van der Waals surface area contributed by atoms with Crippen LogP contribution in [0.4, 0.5) is 11.5 Å². The van der Waals surface area contributed by atoms with Crippen LogP contribution in [0.1, 0.15) is 43.9 Å². The minimum Gasteiger partial charge on any atom is -0.386 e. The van der Waals surface area contributed by atoms with Crippen LogP contribution in [0.5, 0.6) is 0 Å². The molecule has 0 bridgehead atoms. The second-order valence-corrected chi connectivity index (χ2v) is 10.6. The van der Waals surface area contributed by atoms with E-state index in [2.05, 4.69) is 21.5 Å². The number of hydrogen-bond acceptors (Lipinski definition) is 7. The van der Waals surface area contributed by atoms with E-state index in [0.717, 1.165) is 12.8 Å². The summed E-state index contributed by atoms with van der Waals surface area (Å²) < 4.78 is 22.5. The van der Waals surface area contributed by atoms with Crippen molar-refractivity contribution in [3.8, 4) is 6.07 Å². The number of fused-ring (bicyclic) bond motifs is 2. The van der Waals surface area contributed by atoms with E-state index >= 15 is 0 Å². The van der Waals surface area contributed by atoms with Gasteiger partial charge in [-0.3, -0.25) is 18.6 Å². The molecule has 0 radical (unpaired) electrons. The summed E-state index contributed by atoms with van der Waals surface area (Å²) in [5, 5.41) is 27.3. The molecule has 162 valence electrons. The summed E-state index contributed by atoms with van der Waals surface area (Å²) >= 11 is 0. The van der Waals surface area contributed by atoms with Crippen LogP contribution in [-0.4, -0.2) is 34.2 Å². The molecular formula is C21H23N5O4S. The number of aromatic amines is 1. The summed E-state index contributed by atoms with van der Waals surface area (Å²) in [5.41, 5.74) is 1.39. The maximum atomic E-state index is 12.6. The van der Waals surface area contributed by atoms with Crippen LogP contribution in [0.15, 0.2) is 40.2 Å². The smallest absolute Gasteiger partial charge is 0.261 e. The largest absolute Gasteiger partial charge is 0.386 e. The molecule has 0 spiro atoms. The van der Waals surface area contributed by atoms with Crippen molar-refractivity contribution < 1.29 is 14.2 Å². The number of pyridine rings is 1. The van der Waals surface area contributed by atoms with E-state index < -0.39 is 21.9 Å². The Bertz CT molecular complexity index is 1270. The predicted octanol–water partition coefficient (Wildman–Crippen LogP) is 3.88. The zero-order chi connectivity index (χ0) is 21.9. The topological polar surface area (TPSA) is 147 Å². The van der Waals surface area contributed by atoms with Crippen molar-refractivity contribution in [2.75, 3.05) is 5.32 Å². The summed E-state index contributed by atoms with van der Waals surface area (Å²) in [6.07, 6.45) is 2.96. The van der Waals surface area contributed by atoms with Crippen LogP contribution < -0.4 is 10.9 Å². The van der Waals surface area contributed by atoms with E-state index in [1.165, 1.54) is 0 Å². The Labute approximate surface area is 179 Å². The first-order chi connectivity index (χ1) is 14.8. The Kier molecular flexibility index (Phi) is 4.60. The molecule has 3 atom stereocenters. The predicted molar refractivity (Wildman–Crippen MR) is 118 cm³/mol. The van der Waals surface area contributed by atoms with Gasteiger partial charge in [-0.25, -0.2) is 0 Å². The molecule has 2 aliphatic rings. The van der Waals surface area contributed by atoms with Crippen molar-refractivity contribution in [2.45, 2.75) is 48.5 Å². The van der Waals surface area contributed by atoms with E-state index in [1.54, 1.807) is 42.1 Å². The van der Waals surface area contributed by atoms with Crippen LogP contribution in [-0.2, 0) is 0 Å². The van der Waals surface area contributed by atoms with Crippen molar-refractivity contribution in [2.24, 2.45) is 5.92 Å². The standard InChI is InChI=1S/C21H23N5O4S/c1-11-19(27)14-10-13(4-5-17(14)31(11,29)30)24-20-18-16(7-9-23-21(18)28)26(25-20)15(6-8-22)12-2-3-12/h4-5,7,9-12,15,19,27,29-30H,2-3,6H2,1H3,(H,23,28)(H,24,25)/t11-,15+,19+/m1/s1. The molecule has 0 unspecified atom stereocenters. The van der Waals surface area contributed by atoms with Gasteiger partial charge >= 0.3 is 0 Å². The molecule has 1 aromatic carbocycles. The Balaban J connectivity index is 1.58. The third kappa shape index (κ3) is 3.13. The fourth-order valence-electron chi connectivity index (χ4n) is 4.37. The molecule has 0 amide bonds. The quantitative estimate of drug-likeness (QED) is 0.404. The number of H-pyrrole nitrogens is 1. The van der Waals surface area contributed by atoms with Gasteiger partial charge in [0.15, 0.2) is 5.82 Å². The SMILES string of the molecule is C[C@@H]1[C@H](O)c2cc(Nc3nn([C@@H](CC#N)C4CC4)c4cc[nH]c(=O)c34)ccc2S1(O)O. The fourth-order valence-corrected chi connectivity index (χ4v) is 6.07. The Morgan fingerprint density at radius 1 is 1.39 bits per heavy atom. The van der Waals surface area contributed by atoms with Crippen LogP contribution in [0.25, 0.3) is 10.9 Å². The van der Waals surface area contributed by atoms with Crippen molar-refractivity contribution in [3.63, 3.8) is 0 Å². The van der Waals surface area contributed by atoms with E-state index in [1.807, 2.05) is 0 Å². The van der Waals surface area contributed by atoms with Gasteiger partial charge in [0.2, 0.25) is 0 Å². The van der Waals surface area contributed by atoms with Gasteiger partial charge in [-0.15, -0.1) is 0 Å². The number of anilines is 2. The lowest BCUT2D eigenvalue weighted by Crippen LogP contribution is -2.13. The zero-order valence-corrected chi connectivity index (χ0v) is 17.6. The number of rotatable bonds is 5. The van der Waals surface area contributed by atoms with Crippen LogP contribution in [0.2, 0.25) is 0 Å². The molecular weight excluding hydrogens is 418 g/mol. The lowest BCUT2D eigenvalue weighted by atomic mass is 10.1. The van der Waals surface area contributed by atoms with Gasteiger partial charge in [0.25, 0.3) is 5.56 Å². The second-order valence-electron chi connectivity index (χ2n) is 8.25. The molecule has 3 aromatic rings. The number of aliphatic hydroxyl groups is 1. The normalized spacial score (nSPS) is 23.8. The molecule has 31 heavy (non-hydrogen) atoms. The molecule has 10 heteroatoms. The first-order valence-electron chi connectivity index (χ1n) is 10.2. The Morgan fingerprint density at radius 3 is 2.87 bits per heavy atom. The first-order valence-corrected chi connectivity index (χ1v) is 11.8. The number of aliphatic hydroxyl groups excluding tert-OH is 1. The molecule has 1 saturated carbocycles. The van der Waals surface area contributed by atoms with Crippen molar-refractivity contribution in [1.82, 2.24) is 14.8 Å². The fraction of sp³-hybridized carbons (Fsp3) is 0.381. The number of nitrogens with one attached hydrogen (secondary N) is 2. The highest BCUT2D eigenvalue weighted by atomic mass is 32.3. The Hall–Kier alpha value is -2.84. The van der Waals surface area contributed by atoms with Gasteiger partial charge in [-0.2, -0.15) is 21.0 Å². The van der Waals surface area contributed by atoms with Crippen LogP contribution in [0.3, 0.4) is 0 Å². The van der Waals surface area contributed by atoms with Gasteiger partial charge in [0.05, 0.1) is 34.2 Å². The minimum atomic E-state index is -3.06. The molecule has 9 nitrogen and oxygen atoms in total. The van der Waals surface area contributed by atoms with Gasteiger partial charge in [0, 0.05) is 17.4 Å². The number of nitrogens with zero attached hydrogens (tertiary/aromatic N) is 3. The zero-order valence-electron chi connectivity index (χ0n) is 16.8. The highest BCUT2D eigenvalue weighted by Crippen LogP contribution is 2.63. The van der Waals surface area contributed by atoms with Gasteiger partial charge in [-0.1, -0.05) is 0 Å². The summed E-state index contributed by atoms with van der Waals surface area (Å²) in [4.78, 5) is 15.6. The number of hydrogen-bond donors (Lipinski definition) is 5. The van der Waals surface area contributed by atoms with Crippen LogP contribution in [0, 0.1) is 17.2 Å². The lowest BCUT2D eigenvalue weighted by molar-refractivity contribution is 0.177. The number of aromatic nitrogens is 3. The lowest BCUT2D eigenvalue weighted by Gasteiger charge is -2.33. The third-order valence-corrected chi connectivity index (χ3v) is 8.60. The van der Waals surface area contributed by atoms with Gasteiger partial charge in [-0.05, 0) is 49.9 Å². The second kappa shape index (κ2) is 7.10. The van der Waals surface area contributed by atoms with E-state index in [4.69, 9.17) is 0 Å². The van der Waals surface area contributed by atoms with E-state index in [9.17, 15) is 24.3 Å². The van der Waals surface area contributed by atoms with Crippen LogP contribution >= 0.6 is 10.6 Å². The molecule has 5 N–H and O–H groups in total. The molecule has 5 rings (SSSR count). The number of nitriles is 1. The average Bonchev–Trinajstić information content (AvgIpc) is 3.50. The highest BCUT2D eigenvalue weighted by molar-refractivity contribution is 8.25. The molecule has 1 aliphatic heterocycles. The Morgan fingerprint density at radius 2 is 2.16 bits per heavy atom. The van der Waals surface area contributed by atoms with Gasteiger partial charge in [0.1, 0.15) is 11.5 Å². The van der Waals surface area contributed by atoms with E-state index in [0.29, 0.717) is 45.2 Å². The van der Waals surface area contributed by atoms with Crippen molar-refractivity contribution >= 4 is 33.0 Å². The summed E-state index contributed by atoms with van der Waals surface area (Å²) in [6, 6.07) is 8.84. The molecule has 1 aliphatic carbocycles. The molecule has 2 aromatic heterocycles. The maximum absolute atomic E-state index is 12.6. The van der Waals surface area contributed by atoms with E-state index in [-0.39, 0.29) is 11.6 Å². The minimum absolute atomic E-state index is 0.0967.